The van der Waals surface area contributed by atoms with Gasteiger partial charge in [0.1, 0.15) is 5.41 Å². The zero-order chi connectivity index (χ0) is 23.4. The summed E-state index contributed by atoms with van der Waals surface area (Å²) in [6, 6.07) is 16.5. The second-order valence-electron chi connectivity index (χ2n) is 9.79. The van der Waals surface area contributed by atoms with E-state index in [1.165, 1.54) is 4.90 Å². The number of rotatable bonds is 7. The monoisotopic (exact) mass is 443 g/mol. The molecular weight excluding hydrogens is 418 g/mol. The van der Waals surface area contributed by atoms with Crippen molar-refractivity contribution in [1.29, 1.82) is 0 Å². The molecule has 33 heavy (non-hydrogen) atoms. The van der Waals surface area contributed by atoms with Crippen molar-refractivity contribution in [2.24, 2.45) is 11.3 Å². The molecule has 0 radical (unpaired) electrons. The number of carboxylic acid groups (broad SMARTS) is 1. The Balaban J connectivity index is 1.33. The van der Waals surface area contributed by atoms with Crippen LogP contribution in [0, 0.1) is 11.3 Å². The number of benzene rings is 2. The van der Waals surface area contributed by atoms with Crippen molar-refractivity contribution in [2.45, 2.75) is 32.1 Å². The summed E-state index contributed by atoms with van der Waals surface area (Å²) in [6.07, 6.45) is 4.49. The van der Waals surface area contributed by atoms with Crippen LogP contribution in [0.2, 0.25) is 0 Å². The van der Waals surface area contributed by atoms with E-state index in [0.29, 0.717) is 29.7 Å². The molecule has 1 N–H and O–H groups in total. The smallest absolute Gasteiger partial charge is 0.316 e. The van der Waals surface area contributed by atoms with Crippen LogP contribution >= 0.6 is 0 Å². The quantitative estimate of drug-likeness (QED) is 0.559. The lowest BCUT2D eigenvalue weighted by atomic mass is 9.83. The van der Waals surface area contributed by atoms with E-state index < -0.39 is 16.8 Å². The Morgan fingerprint density at radius 2 is 1.67 bits per heavy atom. The van der Waals surface area contributed by atoms with Crippen molar-refractivity contribution in [1.82, 2.24) is 14.5 Å². The maximum absolute atomic E-state index is 12.8. The average molecular weight is 444 g/mol. The van der Waals surface area contributed by atoms with Gasteiger partial charge in [-0.3, -0.25) is 19.3 Å². The molecule has 1 aliphatic heterocycles. The van der Waals surface area contributed by atoms with Gasteiger partial charge < -0.3 is 9.67 Å². The number of carbonyl (C=O) groups is 3. The maximum Gasteiger partial charge on any atom is 0.316 e. The molecule has 1 saturated carbocycles. The summed E-state index contributed by atoms with van der Waals surface area (Å²) >= 11 is 0. The lowest BCUT2D eigenvalue weighted by molar-refractivity contribution is -0.140. The second kappa shape index (κ2) is 7.40. The van der Waals surface area contributed by atoms with Crippen molar-refractivity contribution in [3.63, 3.8) is 0 Å². The van der Waals surface area contributed by atoms with Crippen LogP contribution in [-0.4, -0.2) is 43.9 Å². The number of imide groups is 1. The van der Waals surface area contributed by atoms with Gasteiger partial charge in [0, 0.05) is 18.4 Å². The van der Waals surface area contributed by atoms with E-state index in [0.717, 1.165) is 5.69 Å². The number of aliphatic carboxylic acids is 1. The summed E-state index contributed by atoms with van der Waals surface area (Å²) in [4.78, 5) is 43.7. The van der Waals surface area contributed by atoms with Crippen LogP contribution in [0.5, 0.6) is 0 Å². The lowest BCUT2D eigenvalue weighted by Gasteiger charge is -2.30. The minimum absolute atomic E-state index is 0.126. The number of imidazole rings is 1. The fourth-order valence-electron chi connectivity index (χ4n) is 5.10. The Labute approximate surface area is 191 Å². The first kappa shape index (κ1) is 21.1. The SMILES string of the molecule is CC(C)(C[C@H]1C[C@]1(C(=O)O)c1cn(-c2ccccc2)cn1)CN1C(=O)c2ccccc2C1=O. The van der Waals surface area contributed by atoms with Crippen molar-refractivity contribution in [3.05, 3.63) is 83.9 Å². The zero-order valence-electron chi connectivity index (χ0n) is 18.6. The summed E-state index contributed by atoms with van der Waals surface area (Å²) < 4.78 is 1.83. The van der Waals surface area contributed by atoms with Crippen LogP contribution in [-0.2, 0) is 10.2 Å². The first-order chi connectivity index (χ1) is 15.7. The van der Waals surface area contributed by atoms with E-state index in [2.05, 4.69) is 4.98 Å². The fraction of sp³-hybridized carbons (Fsp3) is 0.308. The lowest BCUT2D eigenvalue weighted by Crippen LogP contribution is -2.39. The molecule has 0 saturated heterocycles. The first-order valence-corrected chi connectivity index (χ1v) is 11.0. The summed E-state index contributed by atoms with van der Waals surface area (Å²) in [6.45, 7) is 4.19. The van der Waals surface area contributed by atoms with Crippen LogP contribution in [0.4, 0.5) is 0 Å². The van der Waals surface area contributed by atoms with Gasteiger partial charge in [-0.2, -0.15) is 0 Å². The number of nitrogens with zero attached hydrogens (tertiary/aromatic N) is 3. The van der Waals surface area contributed by atoms with Gasteiger partial charge in [-0.05, 0) is 48.4 Å². The van der Waals surface area contributed by atoms with Gasteiger partial charge in [0.05, 0.1) is 23.1 Å². The van der Waals surface area contributed by atoms with Gasteiger partial charge in [0.2, 0.25) is 0 Å². The second-order valence-corrected chi connectivity index (χ2v) is 9.79. The van der Waals surface area contributed by atoms with Crippen molar-refractivity contribution < 1.29 is 19.5 Å². The molecule has 2 aliphatic rings. The van der Waals surface area contributed by atoms with Crippen molar-refractivity contribution in [3.8, 4) is 5.69 Å². The molecule has 0 spiro atoms. The number of amides is 2. The summed E-state index contributed by atoms with van der Waals surface area (Å²) in [7, 11) is 0. The number of carbonyl (C=O) groups excluding carboxylic acids is 2. The Morgan fingerprint density at radius 3 is 2.27 bits per heavy atom. The largest absolute Gasteiger partial charge is 0.481 e. The Bertz CT molecular complexity index is 1230. The van der Waals surface area contributed by atoms with Crippen LogP contribution in [0.15, 0.2) is 67.1 Å². The number of hydrogen-bond donors (Lipinski definition) is 1. The normalized spacial score (nSPS) is 21.9. The first-order valence-electron chi connectivity index (χ1n) is 11.0. The van der Waals surface area contributed by atoms with E-state index in [-0.39, 0.29) is 24.3 Å². The molecule has 5 rings (SSSR count). The Kier molecular flexibility index (Phi) is 4.74. The highest BCUT2D eigenvalue weighted by molar-refractivity contribution is 6.21. The van der Waals surface area contributed by atoms with Gasteiger partial charge in [0.15, 0.2) is 0 Å². The van der Waals surface area contributed by atoms with Crippen LogP contribution < -0.4 is 0 Å². The molecular formula is C26H25N3O4. The molecule has 0 unspecified atom stereocenters. The minimum atomic E-state index is -1.04. The highest BCUT2D eigenvalue weighted by Crippen LogP contribution is 2.58. The Morgan fingerprint density at radius 1 is 1.06 bits per heavy atom. The molecule has 2 heterocycles. The highest BCUT2D eigenvalue weighted by Gasteiger charge is 2.64. The van der Waals surface area contributed by atoms with Gasteiger partial charge >= 0.3 is 5.97 Å². The third-order valence-electron chi connectivity index (χ3n) is 6.84. The predicted molar refractivity (Wildman–Crippen MR) is 121 cm³/mol. The molecule has 1 aromatic heterocycles. The third-order valence-corrected chi connectivity index (χ3v) is 6.84. The summed E-state index contributed by atoms with van der Waals surface area (Å²) in [5, 5.41) is 10.1. The van der Waals surface area contributed by atoms with Gasteiger partial charge in [0.25, 0.3) is 11.8 Å². The topological polar surface area (TPSA) is 92.5 Å². The molecule has 2 amide bonds. The maximum atomic E-state index is 12.8. The zero-order valence-corrected chi connectivity index (χ0v) is 18.6. The predicted octanol–water partition coefficient (Wildman–Crippen LogP) is 3.93. The highest BCUT2D eigenvalue weighted by atomic mass is 16.4. The molecule has 1 aliphatic carbocycles. The van der Waals surface area contributed by atoms with Gasteiger partial charge in [-0.15, -0.1) is 0 Å². The third kappa shape index (κ3) is 3.44. The standard InChI is InChI=1S/C26H25N3O4/c1-25(2,15-29-22(30)19-10-6-7-11-20(19)23(29)31)12-17-13-26(17,24(32)33)21-14-28(16-27-21)18-8-4-3-5-9-18/h3-11,14,16-17H,12-13,15H2,1-2H3,(H,32,33)/t17-,26+/m0/s1. The molecule has 7 heteroatoms. The van der Waals surface area contributed by atoms with E-state index >= 15 is 0 Å². The van der Waals surface area contributed by atoms with E-state index in [4.69, 9.17) is 0 Å². The summed E-state index contributed by atoms with van der Waals surface area (Å²) in [5.74, 6) is -1.59. The van der Waals surface area contributed by atoms with E-state index in [1.54, 1.807) is 36.8 Å². The van der Waals surface area contributed by atoms with Crippen LogP contribution in [0.25, 0.3) is 5.69 Å². The molecule has 2 aromatic carbocycles. The van der Waals surface area contributed by atoms with E-state index in [1.807, 2.05) is 48.7 Å². The number of para-hydroxylation sites is 1. The van der Waals surface area contributed by atoms with Crippen molar-refractivity contribution in [2.75, 3.05) is 6.54 Å². The summed E-state index contributed by atoms with van der Waals surface area (Å²) in [5.41, 5.74) is 0.823. The Hall–Kier alpha value is -3.74. The molecule has 2 atom stereocenters. The van der Waals surface area contributed by atoms with Gasteiger partial charge in [-0.25, -0.2) is 4.98 Å². The van der Waals surface area contributed by atoms with Crippen molar-refractivity contribution >= 4 is 17.8 Å². The minimum Gasteiger partial charge on any atom is -0.481 e. The van der Waals surface area contributed by atoms with E-state index in [9.17, 15) is 19.5 Å². The molecule has 7 nitrogen and oxygen atoms in total. The molecule has 168 valence electrons. The number of aromatic nitrogens is 2. The van der Waals surface area contributed by atoms with Gasteiger partial charge in [-0.1, -0.05) is 44.2 Å². The average Bonchev–Trinajstić information content (AvgIpc) is 3.19. The molecule has 0 bridgehead atoms. The van der Waals surface area contributed by atoms with Crippen LogP contribution in [0.1, 0.15) is 53.1 Å². The fourth-order valence-corrected chi connectivity index (χ4v) is 5.10. The number of hydrogen-bond acceptors (Lipinski definition) is 4. The van der Waals surface area contributed by atoms with Crippen LogP contribution in [0.3, 0.4) is 0 Å². The number of carboxylic acids is 1. The number of fused-ring (bicyclic) bond motifs is 1. The molecule has 1 fully saturated rings. The molecule has 3 aromatic rings.